The first kappa shape index (κ1) is 22.5. The second-order valence-electron chi connectivity index (χ2n) is 6.86. The number of pyridine rings is 1. The quantitative estimate of drug-likeness (QED) is 0.504. The maximum absolute atomic E-state index is 12.6. The maximum atomic E-state index is 12.6. The molecule has 1 aromatic heterocycles. The lowest BCUT2D eigenvalue weighted by molar-refractivity contribution is -0.122. The maximum Gasteiger partial charge on any atom is 0.244 e. The van der Waals surface area contributed by atoms with Crippen LogP contribution in [0.5, 0.6) is 0 Å². The molecule has 0 fully saturated rings. The van der Waals surface area contributed by atoms with Crippen molar-refractivity contribution in [1.29, 1.82) is 0 Å². The molecule has 2 atom stereocenters. The molecule has 2 aromatic rings. The third-order valence-electron chi connectivity index (χ3n) is 4.79. The van der Waals surface area contributed by atoms with Gasteiger partial charge in [0.15, 0.2) is 0 Å². The van der Waals surface area contributed by atoms with Crippen molar-refractivity contribution >= 4 is 17.4 Å². The molecule has 0 spiro atoms. The van der Waals surface area contributed by atoms with E-state index < -0.39 is 6.04 Å². The lowest BCUT2D eigenvalue weighted by Gasteiger charge is -2.19. The molecule has 2 N–H and O–H groups in total. The van der Waals surface area contributed by atoms with Gasteiger partial charge < -0.3 is 15.4 Å². The highest BCUT2D eigenvalue weighted by molar-refractivity contribution is 6.03. The second kappa shape index (κ2) is 11.2. The Morgan fingerprint density at radius 3 is 2.59 bits per heavy atom. The normalized spacial score (nSPS) is 13.6. The second-order valence-corrected chi connectivity index (χ2v) is 6.86. The fourth-order valence-corrected chi connectivity index (χ4v) is 2.76. The van der Waals surface area contributed by atoms with E-state index in [1.54, 1.807) is 26.6 Å². The van der Waals surface area contributed by atoms with Crippen LogP contribution in [0.25, 0.3) is 16.8 Å². The zero-order valence-electron chi connectivity index (χ0n) is 17.6. The minimum absolute atomic E-state index is 0.0825. The predicted octanol–water partition coefficient (Wildman–Crippen LogP) is 3.51. The molecule has 0 saturated heterocycles. The average Bonchev–Trinajstić information content (AvgIpc) is 2.76. The molecule has 1 aromatic carbocycles. The van der Waals surface area contributed by atoms with Gasteiger partial charge >= 0.3 is 0 Å². The van der Waals surface area contributed by atoms with E-state index in [9.17, 15) is 4.79 Å². The molecule has 1 amide bonds. The number of nitrogens with zero attached hydrogens (tertiary/aromatic N) is 2. The predicted molar refractivity (Wildman–Crippen MR) is 118 cm³/mol. The van der Waals surface area contributed by atoms with Crippen molar-refractivity contribution < 1.29 is 9.53 Å². The van der Waals surface area contributed by atoms with Crippen molar-refractivity contribution in [2.24, 2.45) is 10.9 Å². The van der Waals surface area contributed by atoms with Gasteiger partial charge in [0.1, 0.15) is 11.9 Å². The van der Waals surface area contributed by atoms with Crippen LogP contribution in [-0.4, -0.2) is 43.5 Å². The Morgan fingerprint density at radius 2 is 1.97 bits per heavy atom. The molecule has 154 valence electrons. The van der Waals surface area contributed by atoms with Gasteiger partial charge in [0.05, 0.1) is 12.3 Å². The molecule has 0 saturated carbocycles. The third-order valence-corrected chi connectivity index (χ3v) is 4.79. The van der Waals surface area contributed by atoms with E-state index in [1.165, 1.54) is 0 Å². The summed E-state index contributed by atoms with van der Waals surface area (Å²) >= 11 is 0. The van der Waals surface area contributed by atoms with Crippen molar-refractivity contribution in [2.45, 2.75) is 26.3 Å². The minimum atomic E-state index is -0.447. The van der Waals surface area contributed by atoms with E-state index in [1.807, 2.05) is 43.3 Å². The Morgan fingerprint density at radius 1 is 1.24 bits per heavy atom. The summed E-state index contributed by atoms with van der Waals surface area (Å²) < 4.78 is 5.10. The van der Waals surface area contributed by atoms with E-state index >= 15 is 0 Å². The number of aromatic nitrogens is 1. The number of nitrogens with one attached hydrogen (secondary N) is 2. The van der Waals surface area contributed by atoms with Gasteiger partial charge in [-0.3, -0.25) is 9.78 Å². The molecular weight excluding hydrogens is 364 g/mol. The van der Waals surface area contributed by atoms with Gasteiger partial charge in [-0.1, -0.05) is 38.6 Å². The molecule has 0 bridgehead atoms. The molecule has 0 aliphatic heterocycles. The van der Waals surface area contributed by atoms with Crippen LogP contribution in [0.3, 0.4) is 0 Å². The van der Waals surface area contributed by atoms with Gasteiger partial charge in [0.2, 0.25) is 5.91 Å². The highest BCUT2D eigenvalue weighted by Crippen LogP contribution is 2.23. The van der Waals surface area contributed by atoms with Gasteiger partial charge in [0, 0.05) is 31.0 Å². The SMILES string of the molecule is C=C(N=C(NC(=O)C(COC)NC)C(C)CC)c1cccc(-c2ccncc2)c1. The minimum Gasteiger partial charge on any atom is -0.383 e. The van der Waals surface area contributed by atoms with E-state index in [2.05, 4.69) is 34.1 Å². The van der Waals surface area contributed by atoms with E-state index in [0.29, 0.717) is 11.5 Å². The number of hydrogen-bond donors (Lipinski definition) is 2. The van der Waals surface area contributed by atoms with Crippen molar-refractivity contribution in [3.8, 4) is 11.1 Å². The van der Waals surface area contributed by atoms with E-state index in [4.69, 9.17) is 4.74 Å². The number of amidine groups is 1. The molecule has 6 heteroatoms. The number of hydrogen-bond acceptors (Lipinski definition) is 5. The van der Waals surface area contributed by atoms with E-state index in [-0.39, 0.29) is 18.4 Å². The molecule has 0 radical (unpaired) electrons. The number of carbonyl (C=O) groups is 1. The largest absolute Gasteiger partial charge is 0.383 e. The smallest absolute Gasteiger partial charge is 0.244 e. The lowest BCUT2D eigenvalue weighted by Crippen LogP contribution is -2.48. The summed E-state index contributed by atoms with van der Waals surface area (Å²) in [5, 5.41) is 5.91. The molecular formula is C23H30N4O2. The molecule has 0 aliphatic carbocycles. The zero-order valence-corrected chi connectivity index (χ0v) is 17.6. The van der Waals surface area contributed by atoms with Gasteiger partial charge in [-0.25, -0.2) is 4.99 Å². The van der Waals surface area contributed by atoms with E-state index in [0.717, 1.165) is 23.1 Å². The highest BCUT2D eigenvalue weighted by atomic mass is 16.5. The fourth-order valence-electron chi connectivity index (χ4n) is 2.76. The number of methoxy groups -OCH3 is 1. The number of carbonyl (C=O) groups excluding carboxylic acids is 1. The van der Waals surface area contributed by atoms with Crippen molar-refractivity contribution in [1.82, 2.24) is 15.6 Å². The van der Waals surface area contributed by atoms with Gasteiger partial charge in [-0.2, -0.15) is 0 Å². The highest BCUT2D eigenvalue weighted by Gasteiger charge is 2.20. The molecule has 0 aliphatic rings. The summed E-state index contributed by atoms with van der Waals surface area (Å²) in [5.41, 5.74) is 3.64. The molecule has 2 rings (SSSR count). The number of benzene rings is 1. The Bertz CT molecular complexity index is 849. The summed E-state index contributed by atoms with van der Waals surface area (Å²) in [5.74, 6) is 0.513. The van der Waals surface area contributed by atoms with Crippen LogP contribution in [-0.2, 0) is 9.53 Å². The van der Waals surface area contributed by atoms with Crippen molar-refractivity contribution in [2.75, 3.05) is 20.8 Å². The summed E-state index contributed by atoms with van der Waals surface area (Å²) in [7, 11) is 3.30. The van der Waals surface area contributed by atoms with Crippen LogP contribution in [0.2, 0.25) is 0 Å². The number of rotatable bonds is 9. The molecule has 2 unspecified atom stereocenters. The van der Waals surface area contributed by atoms with Crippen LogP contribution in [0.4, 0.5) is 0 Å². The van der Waals surface area contributed by atoms with Crippen molar-refractivity contribution in [3.05, 3.63) is 60.9 Å². The average molecular weight is 395 g/mol. The zero-order chi connectivity index (χ0) is 21.2. The Balaban J connectivity index is 2.27. The lowest BCUT2D eigenvalue weighted by atomic mass is 10.0. The number of likely N-dealkylation sites (N-methyl/N-ethyl adjacent to an activating group) is 1. The summed E-state index contributed by atoms with van der Waals surface area (Å²) in [6, 6.07) is 11.5. The first-order valence-electron chi connectivity index (χ1n) is 9.75. The van der Waals surface area contributed by atoms with Crippen LogP contribution in [0.1, 0.15) is 25.8 Å². The summed E-state index contributed by atoms with van der Waals surface area (Å²) in [6.07, 6.45) is 4.38. The molecule has 1 heterocycles. The Labute approximate surface area is 173 Å². The third kappa shape index (κ3) is 6.34. The number of aliphatic imine (C=N–C) groups is 1. The van der Waals surface area contributed by atoms with Crippen LogP contribution in [0, 0.1) is 5.92 Å². The van der Waals surface area contributed by atoms with Gasteiger partial charge in [-0.15, -0.1) is 0 Å². The molecule has 29 heavy (non-hydrogen) atoms. The Hall–Kier alpha value is -2.83. The van der Waals surface area contributed by atoms with Crippen molar-refractivity contribution in [3.63, 3.8) is 0 Å². The first-order chi connectivity index (χ1) is 14.0. The van der Waals surface area contributed by atoms with Crippen LogP contribution >= 0.6 is 0 Å². The fraction of sp³-hybridized carbons (Fsp3) is 0.348. The Kier molecular flexibility index (Phi) is 8.70. The summed E-state index contributed by atoms with van der Waals surface area (Å²) in [4.78, 5) is 21.3. The standard InChI is InChI=1S/C23H30N4O2/c1-6-16(2)22(27-23(28)21(24-4)15-29-5)26-17(3)19-8-7-9-20(14-19)18-10-12-25-13-11-18/h7-14,16,21,24H,3,6,15H2,1-2,4-5H3,(H,26,27,28). The molecule has 6 nitrogen and oxygen atoms in total. The van der Waals surface area contributed by atoms with Crippen LogP contribution in [0.15, 0.2) is 60.4 Å². The number of ether oxygens (including phenoxy) is 1. The monoisotopic (exact) mass is 394 g/mol. The number of amides is 1. The first-order valence-corrected chi connectivity index (χ1v) is 9.75. The summed E-state index contributed by atoms with van der Waals surface area (Å²) in [6.45, 7) is 8.51. The van der Waals surface area contributed by atoms with Gasteiger partial charge in [0.25, 0.3) is 0 Å². The van der Waals surface area contributed by atoms with Gasteiger partial charge in [-0.05, 0) is 42.8 Å². The topological polar surface area (TPSA) is 75.6 Å². The van der Waals surface area contributed by atoms with Crippen LogP contribution < -0.4 is 10.6 Å².